The van der Waals surface area contributed by atoms with E-state index in [1.54, 1.807) is 17.8 Å². The summed E-state index contributed by atoms with van der Waals surface area (Å²) in [6, 6.07) is 17.5. The number of rotatable bonds is 3. The molecule has 2 aromatic carbocycles. The lowest BCUT2D eigenvalue weighted by Crippen LogP contribution is -2.30. The summed E-state index contributed by atoms with van der Waals surface area (Å²) in [6.45, 7) is 0. The van der Waals surface area contributed by atoms with Crippen LogP contribution in [0.3, 0.4) is 0 Å². The highest BCUT2D eigenvalue weighted by atomic mass is 32.2. The number of nitrogens with two attached hydrogens (primary N) is 1. The van der Waals surface area contributed by atoms with Crippen LogP contribution in [-0.2, 0) is 5.75 Å². The van der Waals surface area contributed by atoms with Gasteiger partial charge in [0.2, 0.25) is 0 Å². The minimum atomic E-state index is -0.273. The van der Waals surface area contributed by atoms with E-state index >= 15 is 0 Å². The SMILES string of the molecule is Nn1nc(SCc2ccccc2)c2ccccc2c1=O. The van der Waals surface area contributed by atoms with Gasteiger partial charge in [0.1, 0.15) is 5.03 Å². The Morgan fingerprint density at radius 3 is 2.40 bits per heavy atom. The topological polar surface area (TPSA) is 60.9 Å². The molecule has 0 amide bonds. The van der Waals surface area contributed by atoms with Crippen molar-refractivity contribution in [1.29, 1.82) is 0 Å². The minimum absolute atomic E-state index is 0.273. The lowest BCUT2D eigenvalue weighted by Gasteiger charge is -2.07. The molecule has 0 unspecified atom stereocenters. The quantitative estimate of drug-likeness (QED) is 0.592. The summed E-state index contributed by atoms with van der Waals surface area (Å²) >= 11 is 1.58. The van der Waals surface area contributed by atoms with E-state index in [4.69, 9.17) is 5.84 Å². The van der Waals surface area contributed by atoms with E-state index < -0.39 is 0 Å². The van der Waals surface area contributed by atoms with Crippen LogP contribution in [0.15, 0.2) is 64.4 Å². The van der Waals surface area contributed by atoms with Gasteiger partial charge in [-0.3, -0.25) is 4.79 Å². The summed E-state index contributed by atoms with van der Waals surface area (Å²) < 4.78 is 0. The Kier molecular flexibility index (Phi) is 3.43. The molecule has 0 radical (unpaired) electrons. The normalized spacial score (nSPS) is 10.8. The van der Waals surface area contributed by atoms with Gasteiger partial charge in [-0.1, -0.05) is 60.3 Å². The highest BCUT2D eigenvalue weighted by Gasteiger charge is 2.09. The Morgan fingerprint density at radius 1 is 1.00 bits per heavy atom. The highest BCUT2D eigenvalue weighted by Crippen LogP contribution is 2.26. The van der Waals surface area contributed by atoms with Crippen molar-refractivity contribution < 1.29 is 0 Å². The molecule has 0 bridgehead atoms. The molecule has 100 valence electrons. The van der Waals surface area contributed by atoms with Crippen molar-refractivity contribution in [2.45, 2.75) is 10.8 Å². The number of fused-ring (bicyclic) bond motifs is 1. The second-order valence-electron chi connectivity index (χ2n) is 4.37. The van der Waals surface area contributed by atoms with E-state index in [2.05, 4.69) is 17.2 Å². The molecule has 0 aliphatic rings. The number of nitrogen functional groups attached to an aromatic ring is 1. The van der Waals surface area contributed by atoms with Gasteiger partial charge in [0.25, 0.3) is 5.56 Å². The van der Waals surface area contributed by atoms with E-state index in [1.807, 2.05) is 36.4 Å². The fraction of sp³-hybridized carbons (Fsp3) is 0.0667. The van der Waals surface area contributed by atoms with Crippen LogP contribution < -0.4 is 11.4 Å². The third-order valence-electron chi connectivity index (χ3n) is 3.01. The Hall–Kier alpha value is -2.27. The zero-order chi connectivity index (χ0) is 13.9. The van der Waals surface area contributed by atoms with Gasteiger partial charge in [-0.2, -0.15) is 0 Å². The molecule has 5 heteroatoms. The molecule has 0 fully saturated rings. The van der Waals surface area contributed by atoms with Crippen molar-refractivity contribution in [1.82, 2.24) is 9.89 Å². The predicted molar refractivity (Wildman–Crippen MR) is 82.2 cm³/mol. The van der Waals surface area contributed by atoms with Crippen LogP contribution in [-0.4, -0.2) is 9.89 Å². The van der Waals surface area contributed by atoms with Gasteiger partial charge >= 0.3 is 0 Å². The number of benzene rings is 2. The molecule has 2 N–H and O–H groups in total. The first-order valence-corrected chi connectivity index (χ1v) is 7.18. The van der Waals surface area contributed by atoms with Crippen LogP contribution in [0.1, 0.15) is 5.56 Å². The molecule has 1 aromatic heterocycles. The third-order valence-corrected chi connectivity index (χ3v) is 4.07. The monoisotopic (exact) mass is 283 g/mol. The number of aromatic nitrogens is 2. The Bertz CT molecular complexity index is 799. The first-order chi connectivity index (χ1) is 9.75. The average Bonchev–Trinajstić information content (AvgIpc) is 2.50. The fourth-order valence-corrected chi connectivity index (χ4v) is 2.98. The molecule has 4 nitrogen and oxygen atoms in total. The molecule has 0 aliphatic carbocycles. The largest absolute Gasteiger partial charge is 0.320 e. The van der Waals surface area contributed by atoms with Gasteiger partial charge in [0, 0.05) is 11.1 Å². The van der Waals surface area contributed by atoms with Crippen molar-refractivity contribution >= 4 is 22.5 Å². The lowest BCUT2D eigenvalue weighted by atomic mass is 10.2. The number of thioether (sulfide) groups is 1. The van der Waals surface area contributed by atoms with Gasteiger partial charge < -0.3 is 5.84 Å². The van der Waals surface area contributed by atoms with E-state index in [1.165, 1.54) is 5.56 Å². The maximum atomic E-state index is 11.9. The number of hydrogen-bond acceptors (Lipinski definition) is 4. The fourth-order valence-electron chi connectivity index (χ4n) is 2.01. The molecule has 0 saturated heterocycles. The maximum Gasteiger partial charge on any atom is 0.293 e. The van der Waals surface area contributed by atoms with E-state index in [0.717, 1.165) is 21.0 Å². The maximum absolute atomic E-state index is 11.9. The molecule has 20 heavy (non-hydrogen) atoms. The second-order valence-corrected chi connectivity index (χ2v) is 5.34. The van der Waals surface area contributed by atoms with Crippen LogP contribution >= 0.6 is 11.8 Å². The molecular weight excluding hydrogens is 270 g/mol. The molecule has 0 spiro atoms. The molecule has 1 heterocycles. The Balaban J connectivity index is 2.00. The molecule has 0 aliphatic heterocycles. The molecular formula is C15H13N3OS. The van der Waals surface area contributed by atoms with Crippen molar-refractivity contribution in [3.63, 3.8) is 0 Å². The summed E-state index contributed by atoms with van der Waals surface area (Å²) in [5.74, 6) is 6.42. The van der Waals surface area contributed by atoms with Crippen LogP contribution in [0, 0.1) is 0 Å². The standard InChI is InChI=1S/C15H13N3OS/c16-18-15(19)13-9-5-4-8-12(13)14(17-18)20-10-11-6-2-1-3-7-11/h1-9H,10,16H2. The van der Waals surface area contributed by atoms with E-state index in [0.29, 0.717) is 5.39 Å². The highest BCUT2D eigenvalue weighted by molar-refractivity contribution is 7.98. The van der Waals surface area contributed by atoms with Gasteiger partial charge in [0.15, 0.2) is 0 Å². The summed E-state index contributed by atoms with van der Waals surface area (Å²) in [6.07, 6.45) is 0. The van der Waals surface area contributed by atoms with E-state index in [9.17, 15) is 4.79 Å². The first kappa shape index (κ1) is 12.7. The molecule has 0 saturated carbocycles. The zero-order valence-corrected chi connectivity index (χ0v) is 11.5. The summed E-state index contributed by atoms with van der Waals surface area (Å²) in [7, 11) is 0. The van der Waals surface area contributed by atoms with Crippen molar-refractivity contribution in [3.05, 3.63) is 70.5 Å². The van der Waals surface area contributed by atoms with Crippen LogP contribution in [0.25, 0.3) is 10.8 Å². The van der Waals surface area contributed by atoms with E-state index in [-0.39, 0.29) is 5.56 Å². The lowest BCUT2D eigenvalue weighted by molar-refractivity contribution is 0.732. The molecule has 3 aromatic rings. The Labute approximate surface area is 120 Å². The Morgan fingerprint density at radius 2 is 1.65 bits per heavy atom. The summed E-state index contributed by atoms with van der Waals surface area (Å²) in [5.41, 5.74) is 0.933. The van der Waals surface area contributed by atoms with Crippen molar-refractivity contribution in [3.8, 4) is 0 Å². The molecule has 3 rings (SSSR count). The van der Waals surface area contributed by atoms with Gasteiger partial charge in [-0.25, -0.2) is 0 Å². The smallest absolute Gasteiger partial charge is 0.293 e. The van der Waals surface area contributed by atoms with Crippen LogP contribution in [0.4, 0.5) is 0 Å². The summed E-state index contributed by atoms with van der Waals surface area (Å²) in [4.78, 5) is 12.8. The van der Waals surface area contributed by atoms with Gasteiger partial charge in [0.05, 0.1) is 5.39 Å². The summed E-state index contributed by atoms with van der Waals surface area (Å²) in [5, 5.41) is 6.38. The van der Waals surface area contributed by atoms with Gasteiger partial charge in [-0.05, 0) is 11.6 Å². The molecule has 0 atom stereocenters. The number of nitrogens with zero attached hydrogens (tertiary/aromatic N) is 2. The third kappa shape index (κ3) is 2.40. The van der Waals surface area contributed by atoms with Crippen molar-refractivity contribution in [2.24, 2.45) is 0 Å². The average molecular weight is 283 g/mol. The second kappa shape index (κ2) is 5.38. The first-order valence-electron chi connectivity index (χ1n) is 6.19. The van der Waals surface area contributed by atoms with Gasteiger partial charge in [-0.15, -0.1) is 9.89 Å². The van der Waals surface area contributed by atoms with Crippen molar-refractivity contribution in [2.75, 3.05) is 5.84 Å². The minimum Gasteiger partial charge on any atom is -0.320 e. The number of hydrogen-bond donors (Lipinski definition) is 1. The zero-order valence-electron chi connectivity index (χ0n) is 10.7. The van der Waals surface area contributed by atoms with Crippen LogP contribution in [0.5, 0.6) is 0 Å². The predicted octanol–water partition coefficient (Wildman–Crippen LogP) is 2.40. The van der Waals surface area contributed by atoms with Crippen LogP contribution in [0.2, 0.25) is 0 Å².